The first kappa shape index (κ1) is 14.0. The number of benzene rings is 1. The van der Waals surface area contributed by atoms with Gasteiger partial charge in [-0.15, -0.1) is 12.4 Å². The van der Waals surface area contributed by atoms with E-state index in [1.54, 1.807) is 6.07 Å². The Bertz CT molecular complexity index is 636. The number of nitrogens with one attached hydrogen (secondary N) is 1. The molecule has 1 N–H and O–H groups in total. The molecule has 1 aliphatic rings. The molecule has 0 radical (unpaired) electrons. The average Bonchev–Trinajstić information content (AvgIpc) is 2.78. The van der Waals surface area contributed by atoms with Crippen LogP contribution in [0.5, 0.6) is 0 Å². The molecule has 0 aliphatic carbocycles. The van der Waals surface area contributed by atoms with Crippen LogP contribution in [0.4, 0.5) is 8.78 Å². The van der Waals surface area contributed by atoms with E-state index < -0.39 is 11.6 Å². The summed E-state index contributed by atoms with van der Waals surface area (Å²) < 4.78 is 32.9. The Balaban J connectivity index is 0.00000133. The Kier molecular flexibility index (Phi) is 3.92. The highest BCUT2D eigenvalue weighted by molar-refractivity contribution is 5.90. The highest BCUT2D eigenvalue weighted by Gasteiger charge is 2.21. The van der Waals surface area contributed by atoms with Gasteiger partial charge >= 0.3 is 0 Å². The highest BCUT2D eigenvalue weighted by Crippen LogP contribution is 2.33. The van der Waals surface area contributed by atoms with Crippen molar-refractivity contribution in [2.75, 3.05) is 6.54 Å². The molecule has 2 heterocycles. The summed E-state index contributed by atoms with van der Waals surface area (Å²) in [6.07, 6.45) is 4.04. The summed E-state index contributed by atoms with van der Waals surface area (Å²) in [5, 5.41) is 3.83. The van der Waals surface area contributed by atoms with Crippen molar-refractivity contribution in [1.82, 2.24) is 5.32 Å². The lowest BCUT2D eigenvalue weighted by molar-refractivity contribution is 0.503. The minimum Gasteiger partial charge on any atom is -0.464 e. The maximum Gasteiger partial charge on any atom is 0.170 e. The van der Waals surface area contributed by atoms with Crippen molar-refractivity contribution in [3.8, 4) is 0 Å². The summed E-state index contributed by atoms with van der Waals surface area (Å²) in [6.45, 7) is 2.74. The van der Waals surface area contributed by atoms with Crippen LogP contribution in [-0.2, 0) is 0 Å². The maximum absolute atomic E-state index is 14.0. The molecule has 5 heteroatoms. The van der Waals surface area contributed by atoms with Crippen LogP contribution < -0.4 is 5.32 Å². The maximum atomic E-state index is 14.0. The third kappa shape index (κ3) is 2.38. The molecule has 3 rings (SSSR count). The number of fused-ring (bicyclic) bond motifs is 1. The third-order valence-electron chi connectivity index (χ3n) is 3.27. The first-order valence-corrected chi connectivity index (χ1v) is 5.96. The second-order valence-corrected chi connectivity index (χ2v) is 4.57. The second kappa shape index (κ2) is 5.31. The Morgan fingerprint density at radius 3 is 2.89 bits per heavy atom. The van der Waals surface area contributed by atoms with Gasteiger partial charge in [0.25, 0.3) is 0 Å². The smallest absolute Gasteiger partial charge is 0.170 e. The van der Waals surface area contributed by atoms with Crippen molar-refractivity contribution >= 4 is 28.9 Å². The lowest BCUT2D eigenvalue weighted by Crippen LogP contribution is -2.29. The average molecular weight is 286 g/mol. The fraction of sp³-hybridized carbons (Fsp3) is 0.286. The predicted molar refractivity (Wildman–Crippen MR) is 73.4 cm³/mol. The Morgan fingerprint density at radius 1 is 1.37 bits per heavy atom. The van der Waals surface area contributed by atoms with E-state index in [2.05, 4.69) is 5.32 Å². The first-order valence-electron chi connectivity index (χ1n) is 5.96. The summed E-state index contributed by atoms with van der Waals surface area (Å²) in [5.74, 6) is -1.65. The van der Waals surface area contributed by atoms with Gasteiger partial charge in [-0.1, -0.05) is 6.08 Å². The summed E-state index contributed by atoms with van der Waals surface area (Å²) >= 11 is 0. The van der Waals surface area contributed by atoms with Crippen molar-refractivity contribution in [1.29, 1.82) is 0 Å². The van der Waals surface area contributed by atoms with Gasteiger partial charge in [-0.2, -0.15) is 0 Å². The van der Waals surface area contributed by atoms with Crippen molar-refractivity contribution in [3.05, 3.63) is 41.7 Å². The van der Waals surface area contributed by atoms with Crippen LogP contribution >= 0.6 is 12.4 Å². The summed E-state index contributed by atoms with van der Waals surface area (Å²) in [4.78, 5) is 0. The van der Waals surface area contributed by atoms with E-state index in [1.807, 2.05) is 13.0 Å². The van der Waals surface area contributed by atoms with E-state index >= 15 is 0 Å². The molecule has 19 heavy (non-hydrogen) atoms. The molecule has 0 spiro atoms. The van der Waals surface area contributed by atoms with Crippen molar-refractivity contribution in [2.24, 2.45) is 0 Å². The van der Waals surface area contributed by atoms with Crippen LogP contribution in [-0.4, -0.2) is 12.6 Å². The topological polar surface area (TPSA) is 25.2 Å². The number of rotatable bonds is 1. The minimum absolute atomic E-state index is 0. The zero-order valence-corrected chi connectivity index (χ0v) is 11.2. The molecule has 1 atom stereocenters. The molecule has 0 amide bonds. The molecule has 0 bridgehead atoms. The third-order valence-corrected chi connectivity index (χ3v) is 3.27. The molecular weight excluding hydrogens is 272 g/mol. The van der Waals surface area contributed by atoms with E-state index in [1.165, 1.54) is 12.3 Å². The van der Waals surface area contributed by atoms with Crippen molar-refractivity contribution in [2.45, 2.75) is 19.4 Å². The van der Waals surface area contributed by atoms with Gasteiger partial charge < -0.3 is 9.73 Å². The largest absolute Gasteiger partial charge is 0.464 e. The van der Waals surface area contributed by atoms with Gasteiger partial charge in [-0.3, -0.25) is 0 Å². The van der Waals surface area contributed by atoms with Gasteiger partial charge in [-0.25, -0.2) is 8.78 Å². The fourth-order valence-electron chi connectivity index (χ4n) is 2.43. The molecule has 1 aromatic carbocycles. The van der Waals surface area contributed by atoms with Gasteiger partial charge in [-0.05, 0) is 37.6 Å². The van der Waals surface area contributed by atoms with Crippen molar-refractivity contribution in [3.63, 3.8) is 0 Å². The molecule has 1 unspecified atom stereocenters. The monoisotopic (exact) mass is 285 g/mol. The van der Waals surface area contributed by atoms with Crippen LogP contribution in [0.3, 0.4) is 0 Å². The van der Waals surface area contributed by atoms with Gasteiger partial charge in [0.1, 0.15) is 5.58 Å². The van der Waals surface area contributed by atoms with E-state index in [4.69, 9.17) is 4.42 Å². The molecule has 1 aromatic heterocycles. The van der Waals surface area contributed by atoms with Crippen LogP contribution in [0.1, 0.15) is 18.9 Å². The SMILES string of the molecule is CC1C=C(c2c(F)c(F)cc3ccoc23)CCN1.Cl. The molecule has 0 fully saturated rings. The first-order chi connectivity index (χ1) is 8.66. The Labute approximate surface area is 115 Å². The normalized spacial score (nSPS) is 19.1. The van der Waals surface area contributed by atoms with E-state index in [0.29, 0.717) is 17.4 Å². The number of furan rings is 1. The summed E-state index contributed by atoms with van der Waals surface area (Å²) in [7, 11) is 0. The van der Waals surface area contributed by atoms with Crippen molar-refractivity contribution < 1.29 is 13.2 Å². The van der Waals surface area contributed by atoms with Gasteiger partial charge in [0.15, 0.2) is 11.6 Å². The van der Waals surface area contributed by atoms with Crippen LogP contribution in [0, 0.1) is 11.6 Å². The minimum atomic E-state index is -0.828. The molecule has 1 aliphatic heterocycles. The van der Waals surface area contributed by atoms with Gasteiger partial charge in [0.05, 0.1) is 11.8 Å². The Morgan fingerprint density at radius 2 is 2.16 bits per heavy atom. The highest BCUT2D eigenvalue weighted by atomic mass is 35.5. The zero-order valence-electron chi connectivity index (χ0n) is 10.4. The molecule has 0 saturated heterocycles. The molecular formula is C14H14ClF2NO. The van der Waals surface area contributed by atoms with Crippen LogP contribution in [0.15, 0.2) is 28.9 Å². The number of hydrogen-bond acceptors (Lipinski definition) is 2. The second-order valence-electron chi connectivity index (χ2n) is 4.57. The van der Waals surface area contributed by atoms with E-state index in [-0.39, 0.29) is 24.0 Å². The Hall–Kier alpha value is -1.39. The predicted octanol–water partition coefficient (Wildman–Crippen LogP) is 3.90. The number of halogens is 3. The quantitative estimate of drug-likeness (QED) is 0.860. The van der Waals surface area contributed by atoms with Crippen LogP contribution in [0.25, 0.3) is 16.5 Å². The lowest BCUT2D eigenvalue weighted by atomic mass is 9.95. The molecule has 2 nitrogen and oxygen atoms in total. The van der Waals surface area contributed by atoms with E-state index in [9.17, 15) is 8.78 Å². The summed E-state index contributed by atoms with van der Waals surface area (Å²) in [6, 6.07) is 2.97. The molecule has 2 aromatic rings. The zero-order chi connectivity index (χ0) is 12.7. The van der Waals surface area contributed by atoms with Crippen LogP contribution in [0.2, 0.25) is 0 Å². The number of hydrogen-bond donors (Lipinski definition) is 1. The summed E-state index contributed by atoms with van der Waals surface area (Å²) in [5.41, 5.74) is 1.50. The molecule has 102 valence electrons. The van der Waals surface area contributed by atoms with E-state index in [0.717, 1.165) is 12.1 Å². The fourth-order valence-corrected chi connectivity index (χ4v) is 2.43. The standard InChI is InChI=1S/C14H13F2NO.ClH/c1-8-6-9(2-4-17-8)12-13(16)11(15)7-10-3-5-18-14(10)12;/h3,5-8,17H,2,4H2,1H3;1H. The van der Waals surface area contributed by atoms with Gasteiger partial charge in [0, 0.05) is 11.4 Å². The molecule has 0 saturated carbocycles. The van der Waals surface area contributed by atoms with Gasteiger partial charge in [0.2, 0.25) is 0 Å². The lowest BCUT2D eigenvalue weighted by Gasteiger charge is -2.20.